The van der Waals surface area contributed by atoms with Gasteiger partial charge in [-0.2, -0.15) is 0 Å². The standard InChI is InChI=1S/C33H52O/c1-3-6-26-9-15-29(16-10-26)30-19-13-28(14-20-30)8-5-25-34-33-23-21-32(22-24-33)31-17-11-27(7-4-2)12-18-31/h5,8,21-24,26-31H,3-4,6-7,9-20,25H2,1-2H3. The molecule has 4 rings (SSSR count). The summed E-state index contributed by atoms with van der Waals surface area (Å²) in [4.78, 5) is 0. The normalized spacial score (nSPS) is 32.6. The molecule has 0 aromatic heterocycles. The molecule has 1 nitrogen and oxygen atoms in total. The fraction of sp³-hybridized carbons (Fsp3) is 0.758. The molecule has 0 saturated heterocycles. The first-order valence-corrected chi connectivity index (χ1v) is 15.1. The summed E-state index contributed by atoms with van der Waals surface area (Å²) in [7, 11) is 0. The molecule has 34 heavy (non-hydrogen) atoms. The van der Waals surface area contributed by atoms with E-state index in [-0.39, 0.29) is 0 Å². The average Bonchev–Trinajstić information content (AvgIpc) is 2.89. The lowest BCUT2D eigenvalue weighted by molar-refractivity contribution is 0.152. The van der Waals surface area contributed by atoms with Crippen molar-refractivity contribution >= 4 is 0 Å². The van der Waals surface area contributed by atoms with E-state index in [0.717, 1.165) is 41.3 Å². The van der Waals surface area contributed by atoms with E-state index in [1.807, 2.05) is 0 Å². The van der Waals surface area contributed by atoms with E-state index in [1.165, 1.54) is 108 Å². The molecule has 0 heterocycles. The lowest BCUT2D eigenvalue weighted by Gasteiger charge is -2.37. The molecule has 0 spiro atoms. The molecule has 0 radical (unpaired) electrons. The van der Waals surface area contributed by atoms with Gasteiger partial charge in [0.2, 0.25) is 0 Å². The third-order valence-corrected chi connectivity index (χ3v) is 9.72. The predicted octanol–water partition coefficient (Wildman–Crippen LogP) is 10.1. The Morgan fingerprint density at radius 3 is 1.76 bits per heavy atom. The van der Waals surface area contributed by atoms with Crippen molar-refractivity contribution in [3.63, 3.8) is 0 Å². The predicted molar refractivity (Wildman–Crippen MR) is 146 cm³/mol. The van der Waals surface area contributed by atoms with Crippen molar-refractivity contribution in [2.24, 2.45) is 29.6 Å². The monoisotopic (exact) mass is 464 g/mol. The van der Waals surface area contributed by atoms with Crippen molar-refractivity contribution in [3.05, 3.63) is 42.0 Å². The molecular weight excluding hydrogens is 412 g/mol. The van der Waals surface area contributed by atoms with Gasteiger partial charge in [0.25, 0.3) is 0 Å². The van der Waals surface area contributed by atoms with Gasteiger partial charge in [0.15, 0.2) is 0 Å². The highest BCUT2D eigenvalue weighted by Gasteiger charge is 2.30. The SMILES string of the molecule is CCCC1CCC(c2ccc(OCC=CC3CCC(C4CCC(CCC)CC4)CC3)cc2)CC1. The Hall–Kier alpha value is -1.24. The van der Waals surface area contributed by atoms with Crippen LogP contribution in [0.5, 0.6) is 5.75 Å². The number of hydrogen-bond acceptors (Lipinski definition) is 1. The van der Waals surface area contributed by atoms with Gasteiger partial charge in [-0.3, -0.25) is 0 Å². The molecule has 0 bridgehead atoms. The minimum absolute atomic E-state index is 0.711. The zero-order valence-corrected chi connectivity index (χ0v) is 22.4. The van der Waals surface area contributed by atoms with Crippen LogP contribution in [0.15, 0.2) is 36.4 Å². The summed E-state index contributed by atoms with van der Waals surface area (Å²) in [5.41, 5.74) is 1.52. The summed E-state index contributed by atoms with van der Waals surface area (Å²) < 4.78 is 6.05. The van der Waals surface area contributed by atoms with Crippen LogP contribution in [0.1, 0.15) is 128 Å². The quantitative estimate of drug-likeness (QED) is 0.313. The van der Waals surface area contributed by atoms with Gasteiger partial charge in [-0.1, -0.05) is 76.7 Å². The first-order valence-electron chi connectivity index (χ1n) is 15.1. The second-order valence-electron chi connectivity index (χ2n) is 12.1. The minimum atomic E-state index is 0.711. The highest BCUT2D eigenvalue weighted by molar-refractivity contribution is 5.30. The van der Waals surface area contributed by atoms with E-state index in [2.05, 4.69) is 50.3 Å². The topological polar surface area (TPSA) is 9.23 Å². The maximum absolute atomic E-state index is 6.05. The van der Waals surface area contributed by atoms with Crippen LogP contribution in [-0.4, -0.2) is 6.61 Å². The fourth-order valence-electron chi connectivity index (χ4n) is 7.59. The zero-order valence-electron chi connectivity index (χ0n) is 22.4. The molecule has 3 fully saturated rings. The average molecular weight is 465 g/mol. The fourth-order valence-corrected chi connectivity index (χ4v) is 7.59. The summed E-state index contributed by atoms with van der Waals surface area (Å²) in [6, 6.07) is 9.03. The number of benzene rings is 1. The molecule has 0 unspecified atom stereocenters. The number of allylic oxidation sites excluding steroid dienone is 1. The lowest BCUT2D eigenvalue weighted by Crippen LogP contribution is -2.25. The lowest BCUT2D eigenvalue weighted by atomic mass is 9.69. The third kappa shape index (κ3) is 7.63. The third-order valence-electron chi connectivity index (χ3n) is 9.72. The Kier molecular flexibility index (Phi) is 10.4. The van der Waals surface area contributed by atoms with E-state index in [9.17, 15) is 0 Å². The Bertz CT molecular complexity index is 695. The van der Waals surface area contributed by atoms with Gasteiger partial charge in [-0.25, -0.2) is 0 Å². The van der Waals surface area contributed by atoms with E-state index in [1.54, 1.807) is 0 Å². The molecule has 0 aliphatic heterocycles. The van der Waals surface area contributed by atoms with Crippen molar-refractivity contribution in [2.45, 2.75) is 122 Å². The molecule has 0 amide bonds. The number of rotatable bonds is 10. The van der Waals surface area contributed by atoms with Crippen LogP contribution in [0.25, 0.3) is 0 Å². The van der Waals surface area contributed by atoms with Crippen molar-refractivity contribution in [1.29, 1.82) is 0 Å². The molecule has 1 aromatic carbocycles. The van der Waals surface area contributed by atoms with Gasteiger partial charge in [0.1, 0.15) is 12.4 Å². The summed E-state index contributed by atoms with van der Waals surface area (Å²) in [6.07, 6.45) is 27.7. The van der Waals surface area contributed by atoms with Crippen LogP contribution < -0.4 is 4.74 Å². The zero-order chi connectivity index (χ0) is 23.6. The van der Waals surface area contributed by atoms with E-state index < -0.39 is 0 Å². The number of ether oxygens (including phenoxy) is 1. The van der Waals surface area contributed by atoms with Gasteiger partial charge in [0, 0.05) is 0 Å². The van der Waals surface area contributed by atoms with E-state index >= 15 is 0 Å². The molecule has 3 aliphatic rings. The summed E-state index contributed by atoms with van der Waals surface area (Å²) in [5, 5.41) is 0. The van der Waals surface area contributed by atoms with Crippen molar-refractivity contribution in [3.8, 4) is 5.75 Å². The van der Waals surface area contributed by atoms with Gasteiger partial charge in [-0.15, -0.1) is 0 Å². The van der Waals surface area contributed by atoms with E-state index in [4.69, 9.17) is 4.74 Å². The molecule has 1 aromatic rings. The molecule has 1 heteroatoms. The molecular formula is C33H52O. The van der Waals surface area contributed by atoms with Crippen LogP contribution in [-0.2, 0) is 0 Å². The van der Waals surface area contributed by atoms with Crippen LogP contribution in [0.2, 0.25) is 0 Å². The van der Waals surface area contributed by atoms with E-state index in [0.29, 0.717) is 6.61 Å². The van der Waals surface area contributed by atoms with Gasteiger partial charge in [0.05, 0.1) is 0 Å². The van der Waals surface area contributed by atoms with Crippen molar-refractivity contribution < 1.29 is 4.74 Å². The van der Waals surface area contributed by atoms with Crippen LogP contribution in [0, 0.1) is 29.6 Å². The van der Waals surface area contributed by atoms with Gasteiger partial charge >= 0.3 is 0 Å². The first-order chi connectivity index (χ1) is 16.7. The molecule has 0 atom stereocenters. The summed E-state index contributed by atoms with van der Waals surface area (Å²) in [5.74, 6) is 6.65. The Labute approximate surface area is 211 Å². The largest absolute Gasteiger partial charge is 0.490 e. The minimum Gasteiger partial charge on any atom is -0.490 e. The molecule has 190 valence electrons. The Balaban J connectivity index is 1.11. The second-order valence-corrected chi connectivity index (χ2v) is 12.1. The van der Waals surface area contributed by atoms with Crippen LogP contribution >= 0.6 is 0 Å². The molecule has 3 saturated carbocycles. The summed E-state index contributed by atoms with van der Waals surface area (Å²) >= 11 is 0. The Morgan fingerprint density at radius 1 is 0.676 bits per heavy atom. The van der Waals surface area contributed by atoms with Gasteiger partial charge in [-0.05, 0) is 117 Å². The van der Waals surface area contributed by atoms with Crippen LogP contribution in [0.3, 0.4) is 0 Å². The highest BCUT2D eigenvalue weighted by atomic mass is 16.5. The number of hydrogen-bond donors (Lipinski definition) is 0. The highest BCUT2D eigenvalue weighted by Crippen LogP contribution is 2.42. The van der Waals surface area contributed by atoms with Gasteiger partial charge < -0.3 is 4.74 Å². The second kappa shape index (κ2) is 13.7. The van der Waals surface area contributed by atoms with Crippen molar-refractivity contribution in [1.82, 2.24) is 0 Å². The first kappa shape index (κ1) is 25.8. The summed E-state index contributed by atoms with van der Waals surface area (Å²) in [6.45, 7) is 5.38. The maximum atomic E-state index is 6.05. The van der Waals surface area contributed by atoms with Crippen LogP contribution in [0.4, 0.5) is 0 Å². The smallest absolute Gasteiger partial charge is 0.119 e. The molecule has 0 N–H and O–H groups in total. The van der Waals surface area contributed by atoms with Crippen molar-refractivity contribution in [2.75, 3.05) is 6.61 Å². The maximum Gasteiger partial charge on any atom is 0.119 e. The molecule has 3 aliphatic carbocycles. The Morgan fingerprint density at radius 2 is 1.21 bits per heavy atom.